The highest BCUT2D eigenvalue weighted by Gasteiger charge is 2.35. The number of nitrogens with zero attached hydrogens (tertiary/aromatic N) is 2. The van der Waals surface area contributed by atoms with Gasteiger partial charge in [0.05, 0.1) is 6.42 Å². The number of esters is 1. The van der Waals surface area contributed by atoms with Crippen molar-refractivity contribution in [1.82, 2.24) is 0 Å². The summed E-state index contributed by atoms with van der Waals surface area (Å²) in [5.74, 6) is -1.68. The third-order valence-corrected chi connectivity index (χ3v) is 3.28. The Labute approximate surface area is 137 Å². The number of carbonyl (C=O) groups excluding carboxylic acids is 1. The fourth-order valence-corrected chi connectivity index (χ4v) is 2.07. The van der Waals surface area contributed by atoms with E-state index in [0.717, 1.165) is 0 Å². The molecule has 2 rings (SSSR count). The second kappa shape index (κ2) is 7.34. The topological polar surface area (TPSA) is 73.9 Å². The maximum Gasteiger partial charge on any atom is 0.312 e. The minimum atomic E-state index is -2.01. The third kappa shape index (κ3) is 4.37. The largest absolute Gasteiger partial charge is 0.429 e. The Morgan fingerprint density at radius 1 is 0.917 bits per heavy atom. The molecule has 2 aromatic carbocycles. The molecule has 6 heteroatoms. The first-order valence-electron chi connectivity index (χ1n) is 6.99. The van der Waals surface area contributed by atoms with Crippen molar-refractivity contribution in [3.05, 3.63) is 71.3 Å². The van der Waals surface area contributed by atoms with Crippen molar-refractivity contribution in [3.8, 4) is 12.1 Å². The zero-order valence-corrected chi connectivity index (χ0v) is 12.5. The summed E-state index contributed by atoms with van der Waals surface area (Å²) in [6, 6.07) is 13.8. The van der Waals surface area contributed by atoms with Crippen molar-refractivity contribution in [2.24, 2.45) is 0 Å². The monoisotopic (exact) mass is 326 g/mol. The first-order valence-corrected chi connectivity index (χ1v) is 6.99. The highest BCUT2D eigenvalue weighted by atomic mass is 19.1. The van der Waals surface area contributed by atoms with Gasteiger partial charge < -0.3 is 4.74 Å². The quantitative estimate of drug-likeness (QED) is 0.792. The molecule has 4 nitrogen and oxygen atoms in total. The number of nitriles is 2. The molecule has 0 amide bonds. The minimum absolute atomic E-state index is 0.185. The van der Waals surface area contributed by atoms with E-state index in [-0.39, 0.29) is 12.8 Å². The average molecular weight is 326 g/mol. The second-order valence-electron chi connectivity index (χ2n) is 5.13. The van der Waals surface area contributed by atoms with E-state index in [1.807, 2.05) is 0 Å². The summed E-state index contributed by atoms with van der Waals surface area (Å²) in [5.41, 5.74) is -1.03. The van der Waals surface area contributed by atoms with Crippen LogP contribution in [0.5, 0.6) is 0 Å². The van der Waals surface area contributed by atoms with Crippen LogP contribution >= 0.6 is 0 Å². The van der Waals surface area contributed by atoms with E-state index in [1.54, 1.807) is 12.1 Å². The van der Waals surface area contributed by atoms with Gasteiger partial charge in [-0.3, -0.25) is 4.79 Å². The van der Waals surface area contributed by atoms with Gasteiger partial charge in [0.15, 0.2) is 0 Å². The fraction of sp³-hybridized carbons (Fsp3) is 0.167. The van der Waals surface area contributed by atoms with Crippen molar-refractivity contribution in [1.29, 1.82) is 10.5 Å². The van der Waals surface area contributed by atoms with Crippen LogP contribution in [0, 0.1) is 34.3 Å². The number of ether oxygens (including phenoxy) is 1. The van der Waals surface area contributed by atoms with Crippen molar-refractivity contribution in [2.45, 2.75) is 18.4 Å². The number of hydrogen-bond donors (Lipinski definition) is 0. The van der Waals surface area contributed by atoms with Crippen LogP contribution < -0.4 is 0 Å². The average Bonchev–Trinajstić information content (AvgIpc) is 2.58. The second-order valence-corrected chi connectivity index (χ2v) is 5.13. The van der Waals surface area contributed by atoms with E-state index in [0.29, 0.717) is 11.1 Å². The van der Waals surface area contributed by atoms with Crippen LogP contribution in [-0.4, -0.2) is 11.6 Å². The van der Waals surface area contributed by atoms with Crippen LogP contribution in [0.25, 0.3) is 0 Å². The molecule has 0 N–H and O–H groups in total. The predicted octanol–water partition coefficient (Wildman–Crippen LogP) is 3.08. The van der Waals surface area contributed by atoms with Crippen LogP contribution in [0.2, 0.25) is 0 Å². The van der Waals surface area contributed by atoms with E-state index in [1.165, 1.54) is 48.5 Å². The molecule has 0 bridgehead atoms. The fourth-order valence-electron chi connectivity index (χ4n) is 2.07. The number of hydrogen-bond acceptors (Lipinski definition) is 4. The highest BCUT2D eigenvalue weighted by Crippen LogP contribution is 2.19. The molecule has 0 saturated heterocycles. The number of rotatable bonds is 5. The highest BCUT2D eigenvalue weighted by molar-refractivity contribution is 5.73. The Hall–Kier alpha value is -3.25. The maximum atomic E-state index is 12.9. The molecule has 0 spiro atoms. The molecule has 0 aliphatic carbocycles. The van der Waals surface area contributed by atoms with Crippen LogP contribution in [0.1, 0.15) is 11.1 Å². The van der Waals surface area contributed by atoms with Gasteiger partial charge in [0.2, 0.25) is 0 Å². The van der Waals surface area contributed by atoms with Crippen LogP contribution in [0.15, 0.2) is 48.5 Å². The summed E-state index contributed by atoms with van der Waals surface area (Å²) in [4.78, 5) is 12.0. The molecule has 0 unspecified atom stereocenters. The molecule has 0 atom stereocenters. The first kappa shape index (κ1) is 17.1. The van der Waals surface area contributed by atoms with Crippen molar-refractivity contribution >= 4 is 5.97 Å². The Morgan fingerprint density at radius 3 is 1.83 bits per heavy atom. The predicted molar refractivity (Wildman–Crippen MR) is 80.3 cm³/mol. The molecular formula is C18H12F2N2O2. The van der Waals surface area contributed by atoms with Gasteiger partial charge in [0.25, 0.3) is 5.60 Å². The summed E-state index contributed by atoms with van der Waals surface area (Å²) in [6.45, 7) is 0. The first-order chi connectivity index (χ1) is 11.5. The lowest BCUT2D eigenvalue weighted by molar-refractivity contribution is -0.149. The van der Waals surface area contributed by atoms with Crippen LogP contribution in [-0.2, 0) is 22.4 Å². The number of benzene rings is 2. The molecule has 0 radical (unpaired) electrons. The Kier molecular flexibility index (Phi) is 5.23. The Morgan fingerprint density at radius 2 is 1.38 bits per heavy atom. The molecular weight excluding hydrogens is 314 g/mol. The van der Waals surface area contributed by atoms with E-state index in [9.17, 15) is 24.1 Å². The number of halogens is 2. The van der Waals surface area contributed by atoms with Gasteiger partial charge >= 0.3 is 5.97 Å². The summed E-state index contributed by atoms with van der Waals surface area (Å²) in [5, 5.41) is 18.5. The lowest BCUT2D eigenvalue weighted by Gasteiger charge is -2.19. The van der Waals surface area contributed by atoms with Crippen LogP contribution in [0.3, 0.4) is 0 Å². The summed E-state index contributed by atoms with van der Waals surface area (Å²) >= 11 is 0. The molecule has 0 aromatic heterocycles. The normalized spacial score (nSPS) is 10.5. The molecule has 0 fully saturated rings. The van der Waals surface area contributed by atoms with Gasteiger partial charge in [-0.1, -0.05) is 24.3 Å². The summed E-state index contributed by atoms with van der Waals surface area (Å²) in [7, 11) is 0. The van der Waals surface area contributed by atoms with E-state index < -0.39 is 23.2 Å². The zero-order valence-electron chi connectivity index (χ0n) is 12.5. The van der Waals surface area contributed by atoms with E-state index in [4.69, 9.17) is 4.74 Å². The zero-order chi connectivity index (χ0) is 17.6. The van der Waals surface area contributed by atoms with Gasteiger partial charge in [0.1, 0.15) is 23.8 Å². The Bertz CT molecular complexity index is 789. The molecule has 2 aromatic rings. The molecule has 0 saturated carbocycles. The van der Waals surface area contributed by atoms with Gasteiger partial charge in [-0.2, -0.15) is 10.5 Å². The smallest absolute Gasteiger partial charge is 0.312 e. The lowest BCUT2D eigenvalue weighted by Crippen LogP contribution is -2.35. The van der Waals surface area contributed by atoms with Gasteiger partial charge in [0, 0.05) is 6.42 Å². The maximum absolute atomic E-state index is 12.9. The van der Waals surface area contributed by atoms with Crippen molar-refractivity contribution < 1.29 is 18.3 Å². The standard InChI is InChI=1S/C18H12F2N2O2/c19-15-5-1-13(2-6-15)9-17(23)24-18(11-21,12-22)10-14-3-7-16(20)8-4-14/h1-8H,9-10H2. The molecule has 0 aliphatic heterocycles. The van der Waals surface area contributed by atoms with Gasteiger partial charge in [-0.25, -0.2) is 8.78 Å². The van der Waals surface area contributed by atoms with Crippen molar-refractivity contribution in [3.63, 3.8) is 0 Å². The van der Waals surface area contributed by atoms with Gasteiger partial charge in [-0.15, -0.1) is 0 Å². The van der Waals surface area contributed by atoms with Gasteiger partial charge in [-0.05, 0) is 35.4 Å². The molecule has 24 heavy (non-hydrogen) atoms. The third-order valence-electron chi connectivity index (χ3n) is 3.28. The lowest BCUT2D eigenvalue weighted by atomic mass is 9.97. The summed E-state index contributed by atoms with van der Waals surface area (Å²) in [6.07, 6.45) is -0.385. The SMILES string of the molecule is N#CC(C#N)(Cc1ccc(F)cc1)OC(=O)Cc1ccc(F)cc1. The number of carbonyl (C=O) groups is 1. The van der Waals surface area contributed by atoms with Crippen molar-refractivity contribution in [2.75, 3.05) is 0 Å². The van der Waals surface area contributed by atoms with E-state index in [2.05, 4.69) is 0 Å². The Balaban J connectivity index is 2.10. The van der Waals surface area contributed by atoms with E-state index >= 15 is 0 Å². The molecule has 0 aliphatic rings. The van der Waals surface area contributed by atoms with Crippen LogP contribution in [0.4, 0.5) is 8.78 Å². The summed E-state index contributed by atoms with van der Waals surface area (Å²) < 4.78 is 30.8. The molecule has 0 heterocycles. The minimum Gasteiger partial charge on any atom is -0.429 e. The molecule has 120 valence electrons.